The van der Waals surface area contributed by atoms with E-state index in [0.29, 0.717) is 23.1 Å². The van der Waals surface area contributed by atoms with Crippen molar-refractivity contribution in [1.82, 2.24) is 15.1 Å². The van der Waals surface area contributed by atoms with Gasteiger partial charge in [0.05, 0.1) is 27.8 Å². The van der Waals surface area contributed by atoms with Gasteiger partial charge >= 0.3 is 0 Å². The topological polar surface area (TPSA) is 56.2 Å². The van der Waals surface area contributed by atoms with Gasteiger partial charge in [-0.25, -0.2) is 0 Å². The number of amides is 1. The van der Waals surface area contributed by atoms with Crippen molar-refractivity contribution in [2.45, 2.75) is 33.5 Å². The molecule has 0 aliphatic rings. The van der Waals surface area contributed by atoms with Crippen LogP contribution in [-0.4, -0.2) is 15.7 Å². The monoisotopic (exact) mass is 467 g/mol. The number of carbonyl (C=O) groups excluding carboxylic acids is 1. The molecule has 0 bridgehead atoms. The van der Waals surface area contributed by atoms with Crippen LogP contribution in [0.15, 0.2) is 40.3 Å². The van der Waals surface area contributed by atoms with Gasteiger partial charge in [-0.05, 0) is 65.0 Å². The van der Waals surface area contributed by atoms with Crippen LogP contribution in [0.4, 0.5) is 0 Å². The van der Waals surface area contributed by atoms with E-state index in [9.17, 15) is 4.79 Å². The summed E-state index contributed by atoms with van der Waals surface area (Å²) in [7, 11) is 0. The molecule has 3 rings (SSSR count). The molecule has 1 N–H and O–H groups in total. The summed E-state index contributed by atoms with van der Waals surface area (Å²) in [4.78, 5) is 13.1. The molecule has 5 nitrogen and oxygen atoms in total. The number of nitrogens with zero attached hydrogens (tertiary/aromatic N) is 2. The van der Waals surface area contributed by atoms with E-state index >= 15 is 0 Å². The van der Waals surface area contributed by atoms with Crippen LogP contribution >= 0.6 is 38.9 Å². The third-order valence-electron chi connectivity index (χ3n) is 4.03. The van der Waals surface area contributed by atoms with Crippen molar-refractivity contribution in [3.05, 3.63) is 67.0 Å². The second-order valence-electron chi connectivity index (χ2n) is 5.96. The first-order valence-corrected chi connectivity index (χ1v) is 10.5. The second-order valence-corrected chi connectivity index (χ2v) is 8.13. The lowest BCUT2D eigenvalue weighted by molar-refractivity contribution is 0.0954. The summed E-state index contributed by atoms with van der Waals surface area (Å²) in [6, 6.07) is 7.41. The predicted octanol–water partition coefficient (Wildman–Crippen LogP) is 5.20. The summed E-state index contributed by atoms with van der Waals surface area (Å²) in [6.07, 6.45) is 1.74. The summed E-state index contributed by atoms with van der Waals surface area (Å²) in [6.45, 7) is 5.52. The Morgan fingerprint density at radius 2 is 2.22 bits per heavy atom. The van der Waals surface area contributed by atoms with Gasteiger partial charge in [0, 0.05) is 17.1 Å². The quantitative estimate of drug-likeness (QED) is 0.519. The van der Waals surface area contributed by atoms with Crippen molar-refractivity contribution in [2.24, 2.45) is 0 Å². The first-order chi connectivity index (χ1) is 13.0. The number of hydrogen-bond acceptors (Lipinski definition) is 4. The minimum atomic E-state index is -0.107. The zero-order valence-electron chi connectivity index (χ0n) is 15.0. The largest absolute Gasteiger partial charge is 0.489 e. The maximum atomic E-state index is 12.4. The standard InChI is InChI=1S/C19H19BrClN3O2S/c1-3-24-17(15(20)8-23-24)9-22-19(25)18-7-13(11-27-18)10-26-14-4-5-16(21)12(2)6-14/h4-8,11H,3,9-10H2,1-2H3,(H,22,25). The fraction of sp³-hybridized carbons (Fsp3) is 0.263. The molecule has 0 atom stereocenters. The number of carbonyl (C=O) groups is 1. The molecule has 8 heteroatoms. The number of ether oxygens (including phenoxy) is 1. The van der Waals surface area contributed by atoms with Gasteiger partial charge in [-0.3, -0.25) is 9.48 Å². The Morgan fingerprint density at radius 1 is 1.41 bits per heavy atom. The lowest BCUT2D eigenvalue weighted by atomic mass is 10.2. The van der Waals surface area contributed by atoms with E-state index in [1.807, 2.05) is 48.2 Å². The van der Waals surface area contributed by atoms with Crippen molar-refractivity contribution in [3.8, 4) is 5.75 Å². The lowest BCUT2D eigenvalue weighted by Gasteiger charge is -2.07. The van der Waals surface area contributed by atoms with Crippen LogP contribution in [0.25, 0.3) is 0 Å². The SMILES string of the molecule is CCn1ncc(Br)c1CNC(=O)c1cc(COc2ccc(Cl)c(C)c2)cs1. The number of rotatable bonds is 7. The second kappa shape index (κ2) is 8.91. The Balaban J connectivity index is 1.57. The van der Waals surface area contributed by atoms with Gasteiger partial charge < -0.3 is 10.1 Å². The normalized spacial score (nSPS) is 10.8. The Bertz CT molecular complexity index is 954. The van der Waals surface area contributed by atoms with Gasteiger partial charge in [0.15, 0.2) is 0 Å². The van der Waals surface area contributed by atoms with E-state index in [2.05, 4.69) is 26.3 Å². The van der Waals surface area contributed by atoms with E-state index in [4.69, 9.17) is 16.3 Å². The summed E-state index contributed by atoms with van der Waals surface area (Å²) in [5.74, 6) is 0.649. The highest BCUT2D eigenvalue weighted by Gasteiger charge is 2.13. The molecule has 2 heterocycles. The predicted molar refractivity (Wildman–Crippen MR) is 112 cm³/mol. The van der Waals surface area contributed by atoms with Gasteiger partial charge in [0.2, 0.25) is 0 Å². The molecule has 0 saturated heterocycles. The van der Waals surface area contributed by atoms with Gasteiger partial charge in [-0.1, -0.05) is 11.6 Å². The highest BCUT2D eigenvalue weighted by atomic mass is 79.9. The number of aromatic nitrogens is 2. The van der Waals surface area contributed by atoms with E-state index in [1.54, 1.807) is 6.20 Å². The average molecular weight is 469 g/mol. The van der Waals surface area contributed by atoms with Crippen LogP contribution in [0.3, 0.4) is 0 Å². The smallest absolute Gasteiger partial charge is 0.261 e. The van der Waals surface area contributed by atoms with Crippen LogP contribution in [0.2, 0.25) is 5.02 Å². The molecule has 1 aromatic carbocycles. The number of thiophene rings is 1. The Labute approximate surface area is 175 Å². The van der Waals surface area contributed by atoms with Gasteiger partial charge in [0.1, 0.15) is 12.4 Å². The molecular formula is C19H19BrClN3O2S. The summed E-state index contributed by atoms with van der Waals surface area (Å²) >= 11 is 10.9. The number of hydrogen-bond donors (Lipinski definition) is 1. The molecule has 0 unspecified atom stereocenters. The molecule has 27 heavy (non-hydrogen) atoms. The van der Waals surface area contributed by atoms with E-state index < -0.39 is 0 Å². The van der Waals surface area contributed by atoms with Crippen molar-refractivity contribution >= 4 is 44.8 Å². The molecule has 142 valence electrons. The first kappa shape index (κ1) is 19.9. The molecular weight excluding hydrogens is 450 g/mol. The molecule has 0 aliphatic carbocycles. The molecule has 0 spiro atoms. The zero-order chi connectivity index (χ0) is 19.4. The number of halogens is 2. The Hall–Kier alpha value is -1.83. The number of nitrogens with one attached hydrogen (secondary N) is 1. The minimum Gasteiger partial charge on any atom is -0.489 e. The molecule has 1 amide bonds. The molecule has 0 fully saturated rings. The van der Waals surface area contributed by atoms with Gasteiger partial charge in [0.25, 0.3) is 5.91 Å². The maximum Gasteiger partial charge on any atom is 0.261 e. The van der Waals surface area contributed by atoms with Gasteiger partial charge in [-0.15, -0.1) is 11.3 Å². The van der Waals surface area contributed by atoms with Crippen LogP contribution in [0.5, 0.6) is 5.75 Å². The van der Waals surface area contributed by atoms with Crippen LogP contribution < -0.4 is 10.1 Å². The van der Waals surface area contributed by atoms with Crippen molar-refractivity contribution in [2.75, 3.05) is 0 Å². The number of aryl methyl sites for hydroxylation is 2. The highest BCUT2D eigenvalue weighted by Crippen LogP contribution is 2.23. The summed E-state index contributed by atoms with van der Waals surface area (Å²) < 4.78 is 8.53. The van der Waals surface area contributed by atoms with Gasteiger partial charge in [-0.2, -0.15) is 5.10 Å². The fourth-order valence-electron chi connectivity index (χ4n) is 2.53. The Kier molecular flexibility index (Phi) is 6.57. The first-order valence-electron chi connectivity index (χ1n) is 8.42. The molecule has 0 radical (unpaired) electrons. The van der Waals surface area contributed by atoms with E-state index in [-0.39, 0.29) is 5.91 Å². The van der Waals surface area contributed by atoms with Crippen molar-refractivity contribution in [1.29, 1.82) is 0 Å². The lowest BCUT2D eigenvalue weighted by Crippen LogP contribution is -2.23. The summed E-state index contributed by atoms with van der Waals surface area (Å²) in [5.41, 5.74) is 2.87. The van der Waals surface area contributed by atoms with Crippen LogP contribution in [0.1, 0.15) is 33.4 Å². The third-order valence-corrected chi connectivity index (χ3v) is 6.09. The molecule has 3 aromatic rings. The van der Waals surface area contributed by atoms with E-state index in [1.165, 1.54) is 11.3 Å². The maximum absolute atomic E-state index is 12.4. The number of benzene rings is 1. The van der Waals surface area contributed by atoms with Crippen molar-refractivity contribution in [3.63, 3.8) is 0 Å². The zero-order valence-corrected chi connectivity index (χ0v) is 18.1. The van der Waals surface area contributed by atoms with Crippen LogP contribution in [0, 0.1) is 6.92 Å². The van der Waals surface area contributed by atoms with E-state index in [0.717, 1.165) is 33.6 Å². The summed E-state index contributed by atoms with van der Waals surface area (Å²) in [5, 5.41) is 9.84. The van der Waals surface area contributed by atoms with Crippen LogP contribution in [-0.2, 0) is 19.7 Å². The molecule has 2 aromatic heterocycles. The average Bonchev–Trinajstić information content (AvgIpc) is 3.27. The third kappa shape index (κ3) is 4.91. The van der Waals surface area contributed by atoms with Crippen molar-refractivity contribution < 1.29 is 9.53 Å². The minimum absolute atomic E-state index is 0.107. The molecule has 0 saturated carbocycles. The Morgan fingerprint density at radius 3 is 2.96 bits per heavy atom. The fourth-order valence-corrected chi connectivity index (χ4v) is 3.90. The molecule has 0 aliphatic heterocycles. The highest BCUT2D eigenvalue weighted by molar-refractivity contribution is 9.10.